The predicted octanol–water partition coefficient (Wildman–Crippen LogP) is 3.62. The van der Waals surface area contributed by atoms with E-state index in [1.165, 1.54) is 0 Å². The number of piperazine rings is 1. The van der Waals surface area contributed by atoms with Gasteiger partial charge in [-0.25, -0.2) is 4.90 Å². The second kappa shape index (κ2) is 12.9. The van der Waals surface area contributed by atoms with Gasteiger partial charge in [0.25, 0.3) is 0 Å². The number of amides is 3. The fourth-order valence-electron chi connectivity index (χ4n) is 6.52. The molecule has 45 heavy (non-hydrogen) atoms. The van der Waals surface area contributed by atoms with E-state index in [2.05, 4.69) is 16.7 Å². The van der Waals surface area contributed by atoms with Gasteiger partial charge in [-0.2, -0.15) is 0 Å². The molecule has 4 atom stereocenters. The molecule has 3 aromatic rings. The molecule has 2 fully saturated rings. The summed E-state index contributed by atoms with van der Waals surface area (Å²) >= 11 is 6.24. The van der Waals surface area contributed by atoms with Gasteiger partial charge in [0.2, 0.25) is 17.7 Å². The topological polar surface area (TPSA) is 102 Å². The van der Waals surface area contributed by atoms with Crippen LogP contribution in [0.4, 0.5) is 0 Å². The molecule has 2 aliphatic heterocycles. The quantitative estimate of drug-likeness (QED) is 0.332. The third-order valence-corrected chi connectivity index (χ3v) is 9.54. The third-order valence-electron chi connectivity index (χ3n) is 9.30. The molecular formula is C35H42ClN5O4. The SMILES string of the molecule is CN[C@@H](C)C(=O)N[C@](C=O)(N1CC(=O)N2[C@@H](Cc3ccc4ccccc4c3)C(=O)N(CCc3cccc(Cl)c3)C[C@@H]21)C(C)(C)C. The van der Waals surface area contributed by atoms with E-state index < -0.39 is 29.3 Å². The molecule has 10 heteroatoms. The molecule has 5 rings (SSSR count). The summed E-state index contributed by atoms with van der Waals surface area (Å²) in [7, 11) is 1.67. The van der Waals surface area contributed by atoms with Gasteiger partial charge in [-0.15, -0.1) is 0 Å². The van der Waals surface area contributed by atoms with Crippen molar-refractivity contribution >= 4 is 46.4 Å². The molecule has 0 bridgehead atoms. The minimum absolute atomic E-state index is 0.113. The van der Waals surface area contributed by atoms with Crippen LogP contribution in [0.15, 0.2) is 66.7 Å². The molecule has 0 spiro atoms. The van der Waals surface area contributed by atoms with Crippen LogP contribution in [0.25, 0.3) is 10.8 Å². The summed E-state index contributed by atoms with van der Waals surface area (Å²) in [4.78, 5) is 59.8. The zero-order valence-corrected chi connectivity index (χ0v) is 27.3. The molecule has 3 amide bonds. The molecule has 0 aliphatic carbocycles. The Kier molecular flexibility index (Phi) is 9.35. The number of hydrogen-bond donors (Lipinski definition) is 2. The Hall–Kier alpha value is -3.79. The molecule has 0 radical (unpaired) electrons. The second-order valence-corrected chi connectivity index (χ2v) is 13.5. The number of halogens is 1. The molecule has 0 aromatic heterocycles. The fourth-order valence-corrected chi connectivity index (χ4v) is 6.73. The highest BCUT2D eigenvalue weighted by atomic mass is 35.5. The number of carbonyl (C=O) groups is 4. The van der Waals surface area contributed by atoms with Crippen LogP contribution in [-0.2, 0) is 32.0 Å². The van der Waals surface area contributed by atoms with Crippen molar-refractivity contribution in [2.45, 2.75) is 64.4 Å². The van der Waals surface area contributed by atoms with Crippen molar-refractivity contribution in [3.8, 4) is 0 Å². The van der Waals surface area contributed by atoms with Crippen LogP contribution in [0, 0.1) is 5.41 Å². The molecule has 3 aromatic carbocycles. The summed E-state index contributed by atoms with van der Waals surface area (Å²) in [6.07, 6.45) is 1.01. The average Bonchev–Trinajstić information content (AvgIpc) is 3.34. The molecule has 0 saturated carbocycles. The van der Waals surface area contributed by atoms with Crippen LogP contribution < -0.4 is 10.6 Å². The van der Waals surface area contributed by atoms with Gasteiger partial charge < -0.3 is 20.4 Å². The minimum Gasteiger partial charge on any atom is -0.337 e. The third kappa shape index (κ3) is 6.34. The van der Waals surface area contributed by atoms with Crippen molar-refractivity contribution in [3.63, 3.8) is 0 Å². The first-order chi connectivity index (χ1) is 21.4. The van der Waals surface area contributed by atoms with Crippen molar-refractivity contribution in [2.75, 3.05) is 26.7 Å². The van der Waals surface area contributed by atoms with Gasteiger partial charge in [0.1, 0.15) is 12.2 Å². The number of carbonyl (C=O) groups excluding carboxylic acids is 4. The maximum absolute atomic E-state index is 14.2. The predicted molar refractivity (Wildman–Crippen MR) is 175 cm³/mol. The number of benzene rings is 3. The number of rotatable bonds is 10. The lowest BCUT2D eigenvalue weighted by Gasteiger charge is -2.52. The van der Waals surface area contributed by atoms with Crippen LogP contribution in [0.1, 0.15) is 38.8 Å². The van der Waals surface area contributed by atoms with Crippen LogP contribution >= 0.6 is 11.6 Å². The number of hydrogen-bond acceptors (Lipinski definition) is 6. The van der Waals surface area contributed by atoms with Gasteiger partial charge in [0.05, 0.1) is 19.1 Å². The zero-order valence-electron chi connectivity index (χ0n) is 26.5. The van der Waals surface area contributed by atoms with Gasteiger partial charge in [0, 0.05) is 23.4 Å². The van der Waals surface area contributed by atoms with Crippen molar-refractivity contribution < 1.29 is 19.2 Å². The van der Waals surface area contributed by atoms with Gasteiger partial charge >= 0.3 is 0 Å². The Labute approximate surface area is 269 Å². The van der Waals surface area contributed by atoms with E-state index in [0.29, 0.717) is 24.4 Å². The fraction of sp³-hybridized carbons (Fsp3) is 0.429. The first-order valence-electron chi connectivity index (χ1n) is 15.4. The highest BCUT2D eigenvalue weighted by molar-refractivity contribution is 6.30. The lowest BCUT2D eigenvalue weighted by atomic mass is 9.79. The van der Waals surface area contributed by atoms with Gasteiger partial charge in [-0.3, -0.25) is 19.2 Å². The Morgan fingerprint density at radius 1 is 1.02 bits per heavy atom. The van der Waals surface area contributed by atoms with Crippen LogP contribution in [0.3, 0.4) is 0 Å². The summed E-state index contributed by atoms with van der Waals surface area (Å²) in [5.74, 6) is -0.750. The lowest BCUT2D eigenvalue weighted by Crippen LogP contribution is -2.74. The maximum atomic E-state index is 14.2. The van der Waals surface area contributed by atoms with Crippen molar-refractivity contribution in [1.29, 1.82) is 0 Å². The molecule has 2 heterocycles. The molecule has 0 unspecified atom stereocenters. The Balaban J connectivity index is 1.54. The van der Waals surface area contributed by atoms with E-state index in [1.54, 1.807) is 28.7 Å². The van der Waals surface area contributed by atoms with E-state index in [1.807, 2.05) is 81.4 Å². The van der Waals surface area contributed by atoms with Crippen LogP contribution in [-0.4, -0.2) is 89.3 Å². The molecular weight excluding hydrogens is 590 g/mol. The number of fused-ring (bicyclic) bond motifs is 2. The maximum Gasteiger partial charge on any atom is 0.245 e. The van der Waals surface area contributed by atoms with E-state index in [4.69, 9.17) is 11.6 Å². The molecule has 2 saturated heterocycles. The van der Waals surface area contributed by atoms with Gasteiger partial charge in [-0.05, 0) is 54.4 Å². The number of likely N-dealkylation sites (N-methyl/N-ethyl adjacent to an activating group) is 1. The van der Waals surface area contributed by atoms with Crippen molar-refractivity contribution in [3.05, 3.63) is 82.9 Å². The summed E-state index contributed by atoms with van der Waals surface area (Å²) in [5, 5.41) is 8.69. The van der Waals surface area contributed by atoms with Crippen LogP contribution in [0.2, 0.25) is 5.02 Å². The highest BCUT2D eigenvalue weighted by Crippen LogP contribution is 2.39. The first kappa shape index (κ1) is 32.6. The average molecular weight is 632 g/mol. The second-order valence-electron chi connectivity index (χ2n) is 13.1. The zero-order chi connectivity index (χ0) is 32.5. The van der Waals surface area contributed by atoms with Gasteiger partial charge in [-0.1, -0.05) is 87.0 Å². The van der Waals surface area contributed by atoms with Gasteiger partial charge in [0.15, 0.2) is 11.9 Å². The van der Waals surface area contributed by atoms with Crippen molar-refractivity contribution in [1.82, 2.24) is 25.3 Å². The summed E-state index contributed by atoms with van der Waals surface area (Å²) in [6.45, 7) is 7.82. The number of aldehydes is 1. The molecule has 2 N–H and O–H groups in total. The number of nitrogens with zero attached hydrogens (tertiary/aromatic N) is 3. The molecule has 2 aliphatic rings. The van der Waals surface area contributed by atoms with E-state index in [-0.39, 0.29) is 30.8 Å². The standard InChI is InChI=1S/C35H42ClN5O4/c1-23(37-5)32(44)38-35(22-42,34(2,3)4)40-21-31(43)41-29(19-25-13-14-26-10-6-7-11-27(26)17-25)33(45)39(20-30(40)41)16-15-24-9-8-12-28(36)18-24/h6-14,17-18,22-23,29-30,37H,15-16,19-21H2,1-5H3,(H,38,44)/t23-,29-,30+,35+/m0/s1. The first-order valence-corrected chi connectivity index (χ1v) is 15.8. The number of nitrogens with one attached hydrogen (secondary N) is 2. The van der Waals surface area contributed by atoms with Crippen molar-refractivity contribution in [2.24, 2.45) is 5.41 Å². The summed E-state index contributed by atoms with van der Waals surface area (Å²) < 4.78 is 0. The normalized spacial score (nSPS) is 21.0. The van der Waals surface area contributed by atoms with E-state index >= 15 is 0 Å². The molecule has 238 valence electrons. The Morgan fingerprint density at radius 2 is 1.76 bits per heavy atom. The summed E-state index contributed by atoms with van der Waals surface area (Å²) in [6, 6.07) is 20.3. The smallest absolute Gasteiger partial charge is 0.245 e. The largest absolute Gasteiger partial charge is 0.337 e. The van der Waals surface area contributed by atoms with Crippen LogP contribution in [0.5, 0.6) is 0 Å². The highest BCUT2D eigenvalue weighted by Gasteiger charge is 2.59. The van der Waals surface area contributed by atoms with E-state index in [0.717, 1.165) is 28.2 Å². The Morgan fingerprint density at radius 3 is 2.42 bits per heavy atom. The molecule has 9 nitrogen and oxygen atoms in total. The monoisotopic (exact) mass is 631 g/mol. The lowest BCUT2D eigenvalue weighted by molar-refractivity contribution is -0.160. The minimum atomic E-state index is -1.52. The Bertz CT molecular complexity index is 1610. The summed E-state index contributed by atoms with van der Waals surface area (Å²) in [5.41, 5.74) is -0.387. The van der Waals surface area contributed by atoms with E-state index in [9.17, 15) is 19.2 Å².